The minimum Gasteiger partial charge on any atom is -0.399 e. The van der Waals surface area contributed by atoms with Crippen LogP contribution in [0.15, 0.2) is 48.8 Å². The monoisotopic (exact) mass is 269 g/mol. The zero-order valence-corrected chi connectivity index (χ0v) is 11.4. The summed E-state index contributed by atoms with van der Waals surface area (Å²) in [7, 11) is 0. The van der Waals surface area contributed by atoms with E-state index in [4.69, 9.17) is 5.73 Å². The van der Waals surface area contributed by atoms with Crippen LogP contribution >= 0.6 is 0 Å². The van der Waals surface area contributed by atoms with Gasteiger partial charge in [-0.2, -0.15) is 0 Å². The van der Waals surface area contributed by atoms with E-state index in [1.807, 2.05) is 29.2 Å². The summed E-state index contributed by atoms with van der Waals surface area (Å²) in [5.41, 5.74) is 7.06. The van der Waals surface area contributed by atoms with Gasteiger partial charge >= 0.3 is 0 Å². The summed E-state index contributed by atoms with van der Waals surface area (Å²) >= 11 is 0. The first-order chi connectivity index (χ1) is 9.74. The van der Waals surface area contributed by atoms with Crippen molar-refractivity contribution in [3.05, 3.63) is 54.4 Å². The van der Waals surface area contributed by atoms with E-state index >= 15 is 0 Å². The molecule has 0 aliphatic carbocycles. The van der Waals surface area contributed by atoms with Gasteiger partial charge in [-0.1, -0.05) is 6.07 Å². The Bertz CT molecular complexity index is 584. The highest BCUT2D eigenvalue weighted by Gasteiger charge is 2.24. The fourth-order valence-corrected chi connectivity index (χ4v) is 2.81. The molecule has 1 aromatic heterocycles. The lowest BCUT2D eigenvalue weighted by Gasteiger charge is -2.32. The molecule has 1 amide bonds. The molecule has 1 fully saturated rings. The lowest BCUT2D eigenvalue weighted by molar-refractivity contribution is 0.0695. The van der Waals surface area contributed by atoms with Crippen molar-refractivity contribution >= 4 is 11.6 Å². The number of piperidine rings is 1. The molecule has 0 spiro atoms. The van der Waals surface area contributed by atoms with Crippen molar-refractivity contribution in [2.24, 2.45) is 0 Å². The SMILES string of the molecule is Nc1cccc(C(=O)N2CCC(n3cccc3)CC2)c1. The Kier molecular flexibility index (Phi) is 3.46. The second-order valence-electron chi connectivity index (χ2n) is 5.28. The molecule has 0 atom stereocenters. The summed E-state index contributed by atoms with van der Waals surface area (Å²) in [6.45, 7) is 1.60. The molecule has 1 aromatic carbocycles. The van der Waals surface area contributed by atoms with Gasteiger partial charge in [-0.25, -0.2) is 0 Å². The van der Waals surface area contributed by atoms with Gasteiger partial charge < -0.3 is 15.2 Å². The minimum atomic E-state index is 0.0863. The van der Waals surface area contributed by atoms with Crippen molar-refractivity contribution in [3.8, 4) is 0 Å². The third-order valence-corrected chi connectivity index (χ3v) is 3.93. The van der Waals surface area contributed by atoms with Crippen molar-refractivity contribution < 1.29 is 4.79 Å². The van der Waals surface area contributed by atoms with E-state index in [2.05, 4.69) is 17.0 Å². The number of nitrogens with zero attached hydrogens (tertiary/aromatic N) is 2. The molecular formula is C16H19N3O. The zero-order valence-electron chi connectivity index (χ0n) is 11.4. The fraction of sp³-hybridized carbons (Fsp3) is 0.312. The van der Waals surface area contributed by atoms with Crippen LogP contribution in [0.4, 0.5) is 5.69 Å². The first kappa shape index (κ1) is 12.8. The molecule has 1 saturated heterocycles. The molecule has 1 aliphatic heterocycles. The average molecular weight is 269 g/mol. The molecule has 1 aliphatic rings. The van der Waals surface area contributed by atoms with Crippen LogP contribution in [0.25, 0.3) is 0 Å². The number of amides is 1. The van der Waals surface area contributed by atoms with Gasteiger partial charge in [-0.15, -0.1) is 0 Å². The second kappa shape index (κ2) is 5.41. The Hall–Kier alpha value is -2.23. The largest absolute Gasteiger partial charge is 0.399 e. The predicted molar refractivity (Wildman–Crippen MR) is 79.5 cm³/mol. The van der Waals surface area contributed by atoms with E-state index in [1.54, 1.807) is 12.1 Å². The third-order valence-electron chi connectivity index (χ3n) is 3.93. The van der Waals surface area contributed by atoms with Gasteiger partial charge in [0.1, 0.15) is 0 Å². The van der Waals surface area contributed by atoms with Gasteiger partial charge in [0, 0.05) is 42.8 Å². The summed E-state index contributed by atoms with van der Waals surface area (Å²) in [5.74, 6) is 0.0863. The molecule has 0 saturated carbocycles. The molecule has 2 heterocycles. The lowest BCUT2D eigenvalue weighted by Crippen LogP contribution is -2.38. The van der Waals surface area contributed by atoms with Crippen molar-refractivity contribution in [2.45, 2.75) is 18.9 Å². The summed E-state index contributed by atoms with van der Waals surface area (Å²) in [6.07, 6.45) is 6.20. The molecule has 4 nitrogen and oxygen atoms in total. The lowest BCUT2D eigenvalue weighted by atomic mass is 10.0. The van der Waals surface area contributed by atoms with Crippen LogP contribution in [-0.2, 0) is 0 Å². The number of hydrogen-bond donors (Lipinski definition) is 1. The molecule has 2 N–H and O–H groups in total. The molecular weight excluding hydrogens is 250 g/mol. The standard InChI is InChI=1S/C16H19N3O/c17-14-5-3-4-13(12-14)16(20)19-10-6-15(7-11-19)18-8-1-2-9-18/h1-5,8-9,12,15H,6-7,10-11,17H2. The number of carbonyl (C=O) groups is 1. The average Bonchev–Trinajstić information content (AvgIpc) is 3.01. The van der Waals surface area contributed by atoms with Gasteiger partial charge in [-0.3, -0.25) is 4.79 Å². The summed E-state index contributed by atoms with van der Waals surface area (Å²) in [6, 6.07) is 11.8. The zero-order chi connectivity index (χ0) is 13.9. The molecule has 2 aromatic rings. The van der Waals surface area contributed by atoms with Crippen molar-refractivity contribution in [1.29, 1.82) is 0 Å². The Morgan fingerprint density at radius 2 is 1.80 bits per heavy atom. The Morgan fingerprint density at radius 1 is 1.10 bits per heavy atom. The highest BCUT2D eigenvalue weighted by atomic mass is 16.2. The van der Waals surface area contributed by atoms with Crippen LogP contribution in [0, 0.1) is 0 Å². The van der Waals surface area contributed by atoms with Gasteiger partial charge in [0.25, 0.3) is 5.91 Å². The van der Waals surface area contributed by atoms with Crippen LogP contribution < -0.4 is 5.73 Å². The first-order valence-corrected chi connectivity index (χ1v) is 7.01. The highest BCUT2D eigenvalue weighted by molar-refractivity contribution is 5.95. The number of hydrogen-bond acceptors (Lipinski definition) is 2. The number of benzene rings is 1. The minimum absolute atomic E-state index is 0.0863. The molecule has 0 radical (unpaired) electrons. The van der Waals surface area contributed by atoms with Crippen molar-refractivity contribution in [1.82, 2.24) is 9.47 Å². The van der Waals surface area contributed by atoms with Gasteiger partial charge in [0.05, 0.1) is 0 Å². The Labute approximate surface area is 118 Å². The van der Waals surface area contributed by atoms with E-state index in [0.29, 0.717) is 17.3 Å². The summed E-state index contributed by atoms with van der Waals surface area (Å²) in [5, 5.41) is 0. The topological polar surface area (TPSA) is 51.3 Å². The molecule has 20 heavy (non-hydrogen) atoms. The molecule has 4 heteroatoms. The number of aromatic nitrogens is 1. The van der Waals surface area contributed by atoms with Crippen molar-refractivity contribution in [2.75, 3.05) is 18.8 Å². The first-order valence-electron chi connectivity index (χ1n) is 7.01. The normalized spacial score (nSPS) is 16.3. The quantitative estimate of drug-likeness (QED) is 0.852. The fourth-order valence-electron chi connectivity index (χ4n) is 2.81. The van der Waals surface area contributed by atoms with Crippen LogP contribution in [0.1, 0.15) is 29.2 Å². The molecule has 0 bridgehead atoms. The van der Waals surface area contributed by atoms with Crippen molar-refractivity contribution in [3.63, 3.8) is 0 Å². The smallest absolute Gasteiger partial charge is 0.253 e. The predicted octanol–water partition coefficient (Wildman–Crippen LogP) is 2.55. The van der Waals surface area contributed by atoms with Crippen LogP contribution in [0.2, 0.25) is 0 Å². The molecule has 104 valence electrons. The number of anilines is 1. The number of carbonyl (C=O) groups excluding carboxylic acids is 1. The maximum atomic E-state index is 12.4. The summed E-state index contributed by atoms with van der Waals surface area (Å²) < 4.78 is 2.24. The van der Waals surface area contributed by atoms with E-state index in [1.165, 1.54) is 0 Å². The molecule has 3 rings (SSSR count). The van der Waals surface area contributed by atoms with Gasteiger partial charge in [0.15, 0.2) is 0 Å². The Morgan fingerprint density at radius 3 is 2.45 bits per heavy atom. The molecule has 0 unspecified atom stereocenters. The Balaban J connectivity index is 1.65. The van der Waals surface area contributed by atoms with Gasteiger partial charge in [0.2, 0.25) is 0 Å². The number of nitrogens with two attached hydrogens (primary N) is 1. The van der Waals surface area contributed by atoms with Crippen LogP contribution in [0.3, 0.4) is 0 Å². The highest BCUT2D eigenvalue weighted by Crippen LogP contribution is 2.23. The third kappa shape index (κ3) is 2.54. The van der Waals surface area contributed by atoms with Crippen LogP contribution in [0.5, 0.6) is 0 Å². The van der Waals surface area contributed by atoms with E-state index in [9.17, 15) is 4.79 Å². The summed E-state index contributed by atoms with van der Waals surface area (Å²) in [4.78, 5) is 14.3. The van der Waals surface area contributed by atoms with E-state index in [-0.39, 0.29) is 5.91 Å². The van der Waals surface area contributed by atoms with Gasteiger partial charge in [-0.05, 0) is 43.2 Å². The maximum absolute atomic E-state index is 12.4. The number of likely N-dealkylation sites (tertiary alicyclic amines) is 1. The van der Waals surface area contributed by atoms with E-state index < -0.39 is 0 Å². The maximum Gasteiger partial charge on any atom is 0.253 e. The van der Waals surface area contributed by atoms with Crippen LogP contribution in [-0.4, -0.2) is 28.5 Å². The second-order valence-corrected chi connectivity index (χ2v) is 5.28. The van der Waals surface area contributed by atoms with E-state index in [0.717, 1.165) is 25.9 Å². The number of rotatable bonds is 2. The number of nitrogen functional groups attached to an aromatic ring is 1.